The van der Waals surface area contributed by atoms with Crippen LogP contribution in [0, 0.1) is 0 Å². The van der Waals surface area contributed by atoms with E-state index in [9.17, 15) is 9.90 Å². The van der Waals surface area contributed by atoms with Crippen molar-refractivity contribution in [2.45, 2.75) is 12.5 Å². The quantitative estimate of drug-likeness (QED) is 0.839. The zero-order valence-electron chi connectivity index (χ0n) is 12.8. The molecule has 6 heteroatoms. The summed E-state index contributed by atoms with van der Waals surface area (Å²) >= 11 is 6.06. The molecule has 1 unspecified atom stereocenters. The lowest BCUT2D eigenvalue weighted by atomic mass is 10.1. The monoisotopic (exact) mass is 336 g/mol. The summed E-state index contributed by atoms with van der Waals surface area (Å²) in [7, 11) is 3.08. The van der Waals surface area contributed by atoms with E-state index in [4.69, 9.17) is 25.8 Å². The summed E-state index contributed by atoms with van der Waals surface area (Å²) in [6.07, 6.45) is -0.835. The first-order valence-corrected chi connectivity index (χ1v) is 7.27. The summed E-state index contributed by atoms with van der Waals surface area (Å²) in [5.41, 5.74) is 0.747. The van der Waals surface area contributed by atoms with Gasteiger partial charge in [0.15, 0.2) is 6.10 Å². The summed E-state index contributed by atoms with van der Waals surface area (Å²) in [6.45, 7) is 0. The Morgan fingerprint density at radius 1 is 1.09 bits per heavy atom. The number of carbonyl (C=O) groups is 1. The van der Waals surface area contributed by atoms with Crippen molar-refractivity contribution in [2.24, 2.45) is 0 Å². The van der Waals surface area contributed by atoms with Gasteiger partial charge >= 0.3 is 5.97 Å². The van der Waals surface area contributed by atoms with Gasteiger partial charge in [0.25, 0.3) is 0 Å². The van der Waals surface area contributed by atoms with E-state index in [1.54, 1.807) is 49.6 Å². The Hall–Kier alpha value is -2.40. The molecule has 0 aliphatic carbocycles. The summed E-state index contributed by atoms with van der Waals surface area (Å²) in [5.74, 6) is 0.620. The molecule has 1 atom stereocenters. The van der Waals surface area contributed by atoms with Crippen LogP contribution in [0.3, 0.4) is 0 Å². The smallest absolute Gasteiger partial charge is 0.345 e. The number of halogens is 1. The Labute approximate surface area is 139 Å². The topological polar surface area (TPSA) is 65.0 Å². The molecule has 0 aromatic heterocycles. The first-order chi connectivity index (χ1) is 11.0. The van der Waals surface area contributed by atoms with E-state index in [-0.39, 0.29) is 6.42 Å². The number of ether oxygens (including phenoxy) is 3. The predicted octanol–water partition coefficient (Wildman–Crippen LogP) is 3.43. The van der Waals surface area contributed by atoms with Gasteiger partial charge in [-0.1, -0.05) is 17.7 Å². The Bertz CT molecular complexity index is 669. The molecule has 0 fully saturated rings. The van der Waals surface area contributed by atoms with Crippen molar-refractivity contribution in [3.05, 3.63) is 53.1 Å². The molecule has 2 rings (SSSR count). The SMILES string of the molecule is COc1ccc(OC(Cc2ccc(OC)c(Cl)c2)C(=O)O)cc1. The standard InChI is InChI=1S/C17H17ClO5/c1-21-12-4-6-13(7-5-12)23-16(17(19)20)10-11-3-8-15(22-2)14(18)9-11/h3-9,16H,10H2,1-2H3,(H,19,20). The molecular weight excluding hydrogens is 320 g/mol. The fourth-order valence-electron chi connectivity index (χ4n) is 2.05. The molecule has 0 heterocycles. The summed E-state index contributed by atoms with van der Waals surface area (Å²) in [6, 6.07) is 11.9. The molecule has 0 radical (unpaired) electrons. The van der Waals surface area contributed by atoms with E-state index >= 15 is 0 Å². The number of rotatable bonds is 7. The third-order valence-electron chi connectivity index (χ3n) is 3.25. The van der Waals surface area contributed by atoms with Gasteiger partial charge in [-0.3, -0.25) is 0 Å². The van der Waals surface area contributed by atoms with Gasteiger partial charge in [-0.25, -0.2) is 4.79 Å². The van der Waals surface area contributed by atoms with Gasteiger partial charge in [0.05, 0.1) is 19.2 Å². The first-order valence-electron chi connectivity index (χ1n) is 6.89. The van der Waals surface area contributed by atoms with E-state index in [0.29, 0.717) is 22.3 Å². The van der Waals surface area contributed by atoms with E-state index in [0.717, 1.165) is 5.56 Å². The van der Waals surface area contributed by atoms with Crippen molar-refractivity contribution >= 4 is 17.6 Å². The molecule has 0 aliphatic heterocycles. The number of aliphatic carboxylic acids is 1. The minimum atomic E-state index is -1.05. The van der Waals surface area contributed by atoms with Gasteiger partial charge in [-0.2, -0.15) is 0 Å². The highest BCUT2D eigenvalue weighted by Gasteiger charge is 2.20. The lowest BCUT2D eigenvalue weighted by molar-refractivity contribution is -0.145. The Morgan fingerprint density at radius 2 is 1.74 bits per heavy atom. The van der Waals surface area contributed by atoms with Crippen LogP contribution in [-0.4, -0.2) is 31.4 Å². The molecule has 0 amide bonds. The van der Waals surface area contributed by atoms with Crippen molar-refractivity contribution in [1.82, 2.24) is 0 Å². The number of hydrogen-bond acceptors (Lipinski definition) is 4. The van der Waals surface area contributed by atoms with Gasteiger partial charge in [0.2, 0.25) is 0 Å². The summed E-state index contributed by atoms with van der Waals surface area (Å²) in [4.78, 5) is 11.4. The van der Waals surface area contributed by atoms with Gasteiger partial charge < -0.3 is 19.3 Å². The van der Waals surface area contributed by atoms with Crippen LogP contribution >= 0.6 is 11.6 Å². The van der Waals surface area contributed by atoms with Crippen molar-refractivity contribution < 1.29 is 24.1 Å². The van der Waals surface area contributed by atoms with Crippen LogP contribution < -0.4 is 14.2 Å². The maximum absolute atomic E-state index is 11.4. The van der Waals surface area contributed by atoms with E-state index in [2.05, 4.69) is 0 Å². The highest BCUT2D eigenvalue weighted by molar-refractivity contribution is 6.32. The van der Waals surface area contributed by atoms with Crippen LogP contribution in [0.1, 0.15) is 5.56 Å². The van der Waals surface area contributed by atoms with Crippen LogP contribution in [0.4, 0.5) is 0 Å². The Morgan fingerprint density at radius 3 is 2.26 bits per heavy atom. The van der Waals surface area contributed by atoms with Crippen LogP contribution in [0.15, 0.2) is 42.5 Å². The minimum Gasteiger partial charge on any atom is -0.497 e. The Balaban J connectivity index is 2.12. The largest absolute Gasteiger partial charge is 0.497 e. The number of hydrogen-bond donors (Lipinski definition) is 1. The average molecular weight is 337 g/mol. The third kappa shape index (κ3) is 4.53. The van der Waals surface area contributed by atoms with Crippen molar-refractivity contribution in [2.75, 3.05) is 14.2 Å². The maximum atomic E-state index is 11.4. The average Bonchev–Trinajstić information content (AvgIpc) is 2.55. The molecule has 0 bridgehead atoms. The van der Waals surface area contributed by atoms with Gasteiger partial charge in [-0.05, 0) is 42.0 Å². The molecule has 0 aliphatic rings. The van der Waals surface area contributed by atoms with E-state index in [1.165, 1.54) is 7.11 Å². The molecule has 0 saturated carbocycles. The van der Waals surface area contributed by atoms with Gasteiger partial charge in [0, 0.05) is 6.42 Å². The van der Waals surface area contributed by atoms with Crippen LogP contribution in [0.5, 0.6) is 17.2 Å². The number of carboxylic acid groups (broad SMARTS) is 1. The fourth-order valence-corrected chi connectivity index (χ4v) is 2.33. The van der Waals surface area contributed by atoms with Gasteiger partial charge in [-0.15, -0.1) is 0 Å². The minimum absolute atomic E-state index is 0.186. The van der Waals surface area contributed by atoms with E-state index in [1.807, 2.05) is 0 Å². The zero-order chi connectivity index (χ0) is 16.8. The second kappa shape index (κ2) is 7.74. The lowest BCUT2D eigenvalue weighted by Gasteiger charge is -2.16. The molecule has 0 spiro atoms. The van der Waals surface area contributed by atoms with Gasteiger partial charge in [0.1, 0.15) is 17.2 Å². The molecule has 2 aromatic rings. The van der Waals surface area contributed by atoms with Crippen molar-refractivity contribution in [3.8, 4) is 17.2 Å². The summed E-state index contributed by atoms with van der Waals surface area (Å²) < 4.78 is 15.7. The van der Waals surface area contributed by atoms with Crippen LogP contribution in [-0.2, 0) is 11.2 Å². The third-order valence-corrected chi connectivity index (χ3v) is 3.55. The normalized spacial score (nSPS) is 11.6. The number of carboxylic acids is 1. The second-order valence-electron chi connectivity index (χ2n) is 4.79. The highest BCUT2D eigenvalue weighted by Crippen LogP contribution is 2.26. The lowest BCUT2D eigenvalue weighted by Crippen LogP contribution is -2.29. The van der Waals surface area contributed by atoms with E-state index < -0.39 is 12.1 Å². The summed E-state index contributed by atoms with van der Waals surface area (Å²) in [5, 5.41) is 9.79. The first kappa shape index (κ1) is 17.0. The van der Waals surface area contributed by atoms with Crippen molar-refractivity contribution in [1.29, 1.82) is 0 Å². The highest BCUT2D eigenvalue weighted by atomic mass is 35.5. The number of methoxy groups -OCH3 is 2. The zero-order valence-corrected chi connectivity index (χ0v) is 13.5. The number of benzene rings is 2. The Kier molecular flexibility index (Phi) is 5.71. The molecule has 0 saturated heterocycles. The fraction of sp³-hybridized carbons (Fsp3) is 0.235. The molecule has 122 valence electrons. The molecule has 5 nitrogen and oxygen atoms in total. The van der Waals surface area contributed by atoms with Crippen molar-refractivity contribution in [3.63, 3.8) is 0 Å². The van der Waals surface area contributed by atoms with Crippen LogP contribution in [0.2, 0.25) is 5.02 Å². The molecular formula is C17H17ClO5. The maximum Gasteiger partial charge on any atom is 0.345 e. The van der Waals surface area contributed by atoms with Crippen LogP contribution in [0.25, 0.3) is 0 Å². The molecule has 1 N–H and O–H groups in total. The molecule has 2 aromatic carbocycles. The molecule has 23 heavy (non-hydrogen) atoms. The predicted molar refractivity (Wildman–Crippen MR) is 86.8 cm³/mol. The second-order valence-corrected chi connectivity index (χ2v) is 5.20.